The standard InChI is InChI=1S/C19H39N/c1-4-5-6-7-8-9-10-11-12-13-16-20-19-15-14-17(2)18(19)3/h17-20H,4-16H2,1-3H3. The number of rotatable bonds is 12. The first-order chi connectivity index (χ1) is 9.75. The third-order valence-corrected chi connectivity index (χ3v) is 5.40. The van der Waals surface area contributed by atoms with Crippen LogP contribution in [0.3, 0.4) is 0 Å². The van der Waals surface area contributed by atoms with Gasteiger partial charge in [-0.3, -0.25) is 0 Å². The quantitative estimate of drug-likeness (QED) is 0.437. The Hall–Kier alpha value is -0.0400. The highest BCUT2D eigenvalue weighted by molar-refractivity contribution is 4.84. The van der Waals surface area contributed by atoms with Crippen molar-refractivity contribution < 1.29 is 0 Å². The van der Waals surface area contributed by atoms with Gasteiger partial charge in [-0.2, -0.15) is 0 Å². The second-order valence-electron chi connectivity index (χ2n) is 7.16. The van der Waals surface area contributed by atoms with Crippen LogP contribution in [0.2, 0.25) is 0 Å². The van der Waals surface area contributed by atoms with Crippen LogP contribution in [-0.4, -0.2) is 12.6 Å². The molecule has 20 heavy (non-hydrogen) atoms. The van der Waals surface area contributed by atoms with E-state index in [1.165, 1.54) is 83.6 Å². The normalized spacial score (nSPS) is 26.2. The Labute approximate surface area is 128 Å². The molecule has 3 unspecified atom stereocenters. The molecule has 0 spiro atoms. The van der Waals surface area contributed by atoms with E-state index in [1.807, 2.05) is 0 Å². The van der Waals surface area contributed by atoms with E-state index in [0.717, 1.165) is 17.9 Å². The number of hydrogen-bond donors (Lipinski definition) is 1. The molecule has 1 fully saturated rings. The largest absolute Gasteiger partial charge is 0.314 e. The molecule has 0 bridgehead atoms. The Morgan fingerprint density at radius 3 is 1.80 bits per heavy atom. The highest BCUT2D eigenvalue weighted by atomic mass is 14.9. The lowest BCUT2D eigenvalue weighted by Crippen LogP contribution is -2.33. The number of unbranched alkanes of at least 4 members (excludes halogenated alkanes) is 9. The van der Waals surface area contributed by atoms with Crippen LogP contribution >= 0.6 is 0 Å². The van der Waals surface area contributed by atoms with E-state index in [4.69, 9.17) is 0 Å². The lowest BCUT2D eigenvalue weighted by molar-refractivity contribution is 0.367. The summed E-state index contributed by atoms with van der Waals surface area (Å²) < 4.78 is 0. The molecule has 120 valence electrons. The van der Waals surface area contributed by atoms with Crippen LogP contribution in [0.4, 0.5) is 0 Å². The molecule has 0 saturated heterocycles. The van der Waals surface area contributed by atoms with Crippen LogP contribution in [0.5, 0.6) is 0 Å². The summed E-state index contributed by atoms with van der Waals surface area (Å²) in [7, 11) is 0. The molecule has 1 nitrogen and oxygen atoms in total. The molecule has 3 atom stereocenters. The summed E-state index contributed by atoms with van der Waals surface area (Å²) in [6.07, 6.45) is 17.2. The highest BCUT2D eigenvalue weighted by Crippen LogP contribution is 2.30. The first-order valence-corrected chi connectivity index (χ1v) is 9.49. The van der Waals surface area contributed by atoms with Crippen molar-refractivity contribution in [2.24, 2.45) is 11.8 Å². The van der Waals surface area contributed by atoms with Crippen molar-refractivity contribution in [2.45, 2.75) is 104 Å². The molecule has 1 N–H and O–H groups in total. The van der Waals surface area contributed by atoms with Crippen molar-refractivity contribution in [1.29, 1.82) is 0 Å². The highest BCUT2D eigenvalue weighted by Gasteiger charge is 2.28. The summed E-state index contributed by atoms with van der Waals surface area (Å²) in [5.74, 6) is 1.82. The summed E-state index contributed by atoms with van der Waals surface area (Å²) in [4.78, 5) is 0. The Morgan fingerprint density at radius 2 is 1.30 bits per heavy atom. The fourth-order valence-corrected chi connectivity index (χ4v) is 3.55. The Kier molecular flexibility index (Phi) is 10.4. The van der Waals surface area contributed by atoms with Crippen molar-refractivity contribution in [3.05, 3.63) is 0 Å². The molecule has 0 aromatic rings. The monoisotopic (exact) mass is 281 g/mol. The van der Waals surface area contributed by atoms with Crippen LogP contribution < -0.4 is 5.32 Å². The average Bonchev–Trinajstić information content (AvgIpc) is 2.76. The van der Waals surface area contributed by atoms with Crippen molar-refractivity contribution in [3.63, 3.8) is 0 Å². The van der Waals surface area contributed by atoms with Crippen LogP contribution in [-0.2, 0) is 0 Å². The molecule has 1 heteroatoms. The summed E-state index contributed by atoms with van der Waals surface area (Å²) in [5, 5.41) is 3.79. The van der Waals surface area contributed by atoms with E-state index in [1.54, 1.807) is 0 Å². The Bertz CT molecular complexity index is 214. The fourth-order valence-electron chi connectivity index (χ4n) is 3.55. The zero-order valence-electron chi connectivity index (χ0n) is 14.4. The van der Waals surface area contributed by atoms with E-state index < -0.39 is 0 Å². The van der Waals surface area contributed by atoms with Gasteiger partial charge in [-0.05, 0) is 37.6 Å². The summed E-state index contributed by atoms with van der Waals surface area (Å²) in [6, 6.07) is 0.809. The maximum absolute atomic E-state index is 3.79. The number of nitrogens with one attached hydrogen (secondary N) is 1. The molecular formula is C19H39N. The Morgan fingerprint density at radius 1 is 0.750 bits per heavy atom. The maximum atomic E-state index is 3.79. The summed E-state index contributed by atoms with van der Waals surface area (Å²) in [5.41, 5.74) is 0. The molecule has 1 aliphatic rings. The molecule has 1 aliphatic carbocycles. The second-order valence-corrected chi connectivity index (χ2v) is 7.16. The number of hydrogen-bond acceptors (Lipinski definition) is 1. The van der Waals surface area contributed by atoms with Gasteiger partial charge in [0.1, 0.15) is 0 Å². The SMILES string of the molecule is CCCCCCCCCCCCNC1CCC(C)C1C. The maximum Gasteiger partial charge on any atom is 0.00953 e. The lowest BCUT2D eigenvalue weighted by Gasteiger charge is -2.19. The van der Waals surface area contributed by atoms with Gasteiger partial charge in [-0.15, -0.1) is 0 Å². The van der Waals surface area contributed by atoms with E-state index in [0.29, 0.717) is 0 Å². The van der Waals surface area contributed by atoms with Gasteiger partial charge < -0.3 is 5.32 Å². The third kappa shape index (κ3) is 7.67. The zero-order chi connectivity index (χ0) is 14.6. The summed E-state index contributed by atoms with van der Waals surface area (Å²) in [6.45, 7) is 8.37. The van der Waals surface area contributed by atoms with Crippen LogP contribution in [0.15, 0.2) is 0 Å². The van der Waals surface area contributed by atoms with Crippen molar-refractivity contribution in [1.82, 2.24) is 5.32 Å². The van der Waals surface area contributed by atoms with Gasteiger partial charge in [0.15, 0.2) is 0 Å². The van der Waals surface area contributed by atoms with E-state index in [-0.39, 0.29) is 0 Å². The van der Waals surface area contributed by atoms with E-state index in [2.05, 4.69) is 26.1 Å². The second kappa shape index (κ2) is 11.6. The molecule has 0 aliphatic heterocycles. The third-order valence-electron chi connectivity index (χ3n) is 5.40. The lowest BCUT2D eigenvalue weighted by atomic mass is 9.98. The van der Waals surface area contributed by atoms with Crippen molar-refractivity contribution in [2.75, 3.05) is 6.54 Å². The predicted molar refractivity (Wildman–Crippen MR) is 91.2 cm³/mol. The molecule has 0 amide bonds. The van der Waals surface area contributed by atoms with Gasteiger partial charge in [0, 0.05) is 6.04 Å². The molecule has 0 aromatic heterocycles. The first-order valence-electron chi connectivity index (χ1n) is 9.49. The minimum atomic E-state index is 0.809. The molecular weight excluding hydrogens is 242 g/mol. The molecule has 1 rings (SSSR count). The fraction of sp³-hybridized carbons (Fsp3) is 1.00. The van der Waals surface area contributed by atoms with Gasteiger partial charge in [-0.25, -0.2) is 0 Å². The van der Waals surface area contributed by atoms with Gasteiger partial charge in [0.2, 0.25) is 0 Å². The minimum Gasteiger partial charge on any atom is -0.314 e. The van der Waals surface area contributed by atoms with Crippen molar-refractivity contribution >= 4 is 0 Å². The zero-order valence-corrected chi connectivity index (χ0v) is 14.4. The molecule has 1 saturated carbocycles. The smallest absolute Gasteiger partial charge is 0.00953 e. The van der Waals surface area contributed by atoms with Crippen LogP contribution in [0, 0.1) is 11.8 Å². The van der Waals surface area contributed by atoms with Gasteiger partial charge >= 0.3 is 0 Å². The molecule has 0 aromatic carbocycles. The van der Waals surface area contributed by atoms with E-state index >= 15 is 0 Å². The minimum absolute atomic E-state index is 0.809. The predicted octanol–water partition coefficient (Wildman–Crippen LogP) is 5.93. The summed E-state index contributed by atoms with van der Waals surface area (Å²) >= 11 is 0. The molecule has 0 radical (unpaired) electrons. The van der Waals surface area contributed by atoms with Crippen LogP contribution in [0.25, 0.3) is 0 Å². The van der Waals surface area contributed by atoms with Crippen LogP contribution in [0.1, 0.15) is 97.8 Å². The van der Waals surface area contributed by atoms with Crippen molar-refractivity contribution in [3.8, 4) is 0 Å². The topological polar surface area (TPSA) is 12.0 Å². The van der Waals surface area contributed by atoms with Gasteiger partial charge in [0.25, 0.3) is 0 Å². The average molecular weight is 282 g/mol. The van der Waals surface area contributed by atoms with Gasteiger partial charge in [-0.1, -0.05) is 78.6 Å². The van der Waals surface area contributed by atoms with E-state index in [9.17, 15) is 0 Å². The Balaban J connectivity index is 1.79. The first kappa shape index (κ1) is 18.0. The molecule has 0 heterocycles. The van der Waals surface area contributed by atoms with Gasteiger partial charge in [0.05, 0.1) is 0 Å².